The molecule has 0 unspecified atom stereocenters. The lowest BCUT2D eigenvalue weighted by molar-refractivity contribution is -0.136. The molecule has 1 amide bonds. The molecule has 0 aromatic carbocycles. The Bertz CT molecular complexity index is 866. The molecule has 2 N–H and O–H groups in total. The van der Waals surface area contributed by atoms with Crippen molar-refractivity contribution in [3.8, 4) is 0 Å². The van der Waals surface area contributed by atoms with Crippen LogP contribution in [0.2, 0.25) is 0 Å². The first-order valence-electron chi connectivity index (χ1n) is 9.30. The maximum atomic E-state index is 11.9. The molecule has 0 bridgehead atoms. The first kappa shape index (κ1) is 16.1. The minimum Gasteiger partial charge on any atom is -0.450 e. The molecular weight excluding hydrogens is 333 g/mol. The van der Waals surface area contributed by atoms with Gasteiger partial charge in [-0.3, -0.25) is 0 Å². The van der Waals surface area contributed by atoms with Crippen LogP contribution in [0.15, 0.2) is 18.5 Å². The van der Waals surface area contributed by atoms with Crippen LogP contribution in [0.4, 0.5) is 4.79 Å². The van der Waals surface area contributed by atoms with E-state index >= 15 is 0 Å². The number of hydrogen-bond acceptors (Lipinski definition) is 5. The number of pyridine rings is 1. The number of nitrogens with zero attached hydrogens (tertiary/aromatic N) is 2. The summed E-state index contributed by atoms with van der Waals surface area (Å²) in [7, 11) is -0.909. The Morgan fingerprint density at radius 3 is 2.96 bits per heavy atom. The Morgan fingerprint density at radius 2 is 2.23 bits per heavy atom. The molecule has 0 atom stereocenters. The highest BCUT2D eigenvalue weighted by Gasteiger charge is 2.62. The van der Waals surface area contributed by atoms with Crippen LogP contribution in [0, 0.1) is 5.41 Å². The summed E-state index contributed by atoms with van der Waals surface area (Å²) in [5.41, 5.74) is 2.46. The zero-order valence-corrected chi connectivity index (χ0v) is 14.8. The van der Waals surface area contributed by atoms with Crippen LogP contribution in [0.25, 0.3) is 11.0 Å². The lowest BCUT2D eigenvalue weighted by Gasteiger charge is -2.57. The number of fused-ring (bicyclic) bond motifs is 4. The third-order valence-corrected chi connectivity index (χ3v) is 6.35. The number of H-pyrrole nitrogens is 1. The van der Waals surface area contributed by atoms with Crippen LogP contribution in [-0.2, 0) is 15.0 Å². The van der Waals surface area contributed by atoms with Crippen molar-refractivity contribution >= 4 is 29.7 Å². The molecule has 2 aromatic heterocycles. The van der Waals surface area contributed by atoms with Gasteiger partial charge in [-0.1, -0.05) is 0 Å². The van der Waals surface area contributed by atoms with Crippen molar-refractivity contribution in [2.24, 2.45) is 5.41 Å². The van der Waals surface area contributed by atoms with E-state index in [0.29, 0.717) is 6.61 Å². The Labute approximate surface area is 151 Å². The first-order valence-corrected chi connectivity index (χ1v) is 9.30. The van der Waals surface area contributed by atoms with Crippen molar-refractivity contribution < 1.29 is 19.2 Å². The van der Waals surface area contributed by atoms with Gasteiger partial charge in [-0.2, -0.15) is 0 Å². The van der Waals surface area contributed by atoms with E-state index in [-0.39, 0.29) is 11.5 Å². The van der Waals surface area contributed by atoms with Gasteiger partial charge >= 0.3 is 13.2 Å². The van der Waals surface area contributed by atoms with Crippen LogP contribution < -0.4 is 5.46 Å². The molecule has 1 saturated heterocycles. The average molecular weight is 355 g/mol. The van der Waals surface area contributed by atoms with E-state index in [9.17, 15) is 9.82 Å². The number of amides is 1. The molecule has 0 radical (unpaired) electrons. The van der Waals surface area contributed by atoms with Gasteiger partial charge in [0.15, 0.2) is 0 Å². The average Bonchev–Trinajstić information content (AvgIpc) is 3.18. The molecule has 26 heavy (non-hydrogen) atoms. The molecule has 5 rings (SSSR count). The summed E-state index contributed by atoms with van der Waals surface area (Å²) < 4.78 is 11.2. The third kappa shape index (κ3) is 2.15. The molecule has 3 aliphatic rings. The number of rotatable bonds is 1. The highest BCUT2D eigenvalue weighted by molar-refractivity contribution is 6.62. The lowest BCUT2D eigenvalue weighted by Crippen LogP contribution is -2.55. The summed E-state index contributed by atoms with van der Waals surface area (Å²) in [4.78, 5) is 21.3. The Balaban J connectivity index is 1.38. The quantitative estimate of drug-likeness (QED) is 0.758. The van der Waals surface area contributed by atoms with Gasteiger partial charge in [0, 0.05) is 36.3 Å². The van der Waals surface area contributed by atoms with Crippen molar-refractivity contribution in [2.45, 2.75) is 38.2 Å². The monoisotopic (exact) mass is 355 g/mol. The number of carbonyl (C=O) groups is 1. The highest BCUT2D eigenvalue weighted by atomic mass is 16.6. The van der Waals surface area contributed by atoms with Gasteiger partial charge in [0.1, 0.15) is 5.65 Å². The predicted molar refractivity (Wildman–Crippen MR) is 96.0 cm³/mol. The van der Waals surface area contributed by atoms with Gasteiger partial charge in [0.2, 0.25) is 0 Å². The Kier molecular flexibility index (Phi) is 3.40. The molecule has 7 nitrogen and oxygen atoms in total. The minimum absolute atomic E-state index is 0.177. The van der Waals surface area contributed by atoms with Gasteiger partial charge in [-0.15, -0.1) is 0 Å². The lowest BCUT2D eigenvalue weighted by atomic mass is 9.53. The predicted octanol–water partition coefficient (Wildman–Crippen LogP) is 1.51. The number of carbonyl (C=O) groups excluding carboxylic acids is 1. The third-order valence-electron chi connectivity index (χ3n) is 6.35. The Hall–Kier alpha value is -2.06. The van der Waals surface area contributed by atoms with Crippen molar-refractivity contribution in [3.05, 3.63) is 24.0 Å². The standard InChI is InChI=1S/C18H22BN3O4/c1-2-25-16(23)22-7-4-17(5-8-22)10-18(11-17)14-12-3-6-20-15(12)21-9-13(14)19(24)26-18/h3,6,9,24H,2,4-5,7-8,10-11H2,1H3,(H,20,21). The zero-order chi connectivity index (χ0) is 17.9. The molecule has 2 fully saturated rings. The van der Waals surface area contributed by atoms with Crippen LogP contribution in [0.5, 0.6) is 0 Å². The molecule has 1 aliphatic carbocycles. The van der Waals surface area contributed by atoms with Crippen LogP contribution in [0.3, 0.4) is 0 Å². The van der Waals surface area contributed by atoms with Gasteiger partial charge in [-0.25, -0.2) is 9.78 Å². The van der Waals surface area contributed by atoms with Gasteiger partial charge < -0.3 is 24.3 Å². The first-order chi connectivity index (χ1) is 12.6. The van der Waals surface area contributed by atoms with Crippen molar-refractivity contribution in [3.63, 3.8) is 0 Å². The summed E-state index contributed by atoms with van der Waals surface area (Å²) in [6.45, 7) is 3.68. The van der Waals surface area contributed by atoms with E-state index in [1.807, 2.05) is 19.2 Å². The van der Waals surface area contributed by atoms with Gasteiger partial charge in [-0.05, 0) is 49.7 Å². The summed E-state index contributed by atoms with van der Waals surface area (Å²) >= 11 is 0. The largest absolute Gasteiger partial charge is 0.493 e. The number of aromatic amines is 1. The second-order valence-corrected chi connectivity index (χ2v) is 7.83. The van der Waals surface area contributed by atoms with Crippen LogP contribution >= 0.6 is 0 Å². The SMILES string of the molecule is CCOC(=O)N1CCC2(CC1)CC1(C2)OB(O)c2cnc3[nH]ccc3c21. The molecule has 4 heterocycles. The van der Waals surface area contributed by atoms with E-state index in [1.165, 1.54) is 0 Å². The smallest absolute Gasteiger partial charge is 0.450 e. The zero-order valence-electron chi connectivity index (χ0n) is 14.8. The second kappa shape index (κ2) is 5.47. The number of piperidine rings is 1. The molecule has 8 heteroatoms. The molecule has 2 aromatic rings. The van der Waals surface area contributed by atoms with Crippen molar-refractivity contribution in [2.75, 3.05) is 19.7 Å². The number of hydrogen-bond donors (Lipinski definition) is 2. The van der Waals surface area contributed by atoms with E-state index < -0.39 is 12.7 Å². The fourth-order valence-electron chi connectivity index (χ4n) is 5.21. The molecule has 2 aliphatic heterocycles. The maximum Gasteiger partial charge on any atom is 0.493 e. The fourth-order valence-corrected chi connectivity index (χ4v) is 5.21. The molecular formula is C18H22BN3O4. The van der Waals surface area contributed by atoms with Crippen LogP contribution in [0.1, 0.15) is 38.2 Å². The summed E-state index contributed by atoms with van der Waals surface area (Å²) in [6, 6.07) is 2.01. The highest BCUT2D eigenvalue weighted by Crippen LogP contribution is 2.62. The molecule has 2 spiro atoms. The number of ether oxygens (including phenoxy) is 1. The Morgan fingerprint density at radius 1 is 1.46 bits per heavy atom. The fraction of sp³-hybridized carbons (Fsp3) is 0.556. The normalized spacial score (nSPS) is 22.7. The summed E-state index contributed by atoms with van der Waals surface area (Å²) in [5, 5.41) is 11.4. The van der Waals surface area contributed by atoms with Crippen LogP contribution in [-0.4, -0.2) is 52.8 Å². The van der Waals surface area contributed by atoms with Crippen molar-refractivity contribution in [1.82, 2.24) is 14.9 Å². The number of likely N-dealkylation sites (tertiary alicyclic amines) is 1. The summed E-state index contributed by atoms with van der Waals surface area (Å²) in [6.07, 6.45) is 7.04. The van der Waals surface area contributed by atoms with E-state index in [1.54, 1.807) is 11.1 Å². The number of aromatic nitrogens is 2. The minimum atomic E-state index is -0.909. The van der Waals surface area contributed by atoms with Gasteiger partial charge in [0.25, 0.3) is 0 Å². The summed E-state index contributed by atoms with van der Waals surface area (Å²) in [5.74, 6) is 0. The van der Waals surface area contributed by atoms with Crippen molar-refractivity contribution in [1.29, 1.82) is 0 Å². The van der Waals surface area contributed by atoms with Gasteiger partial charge in [0.05, 0.1) is 12.2 Å². The second-order valence-electron chi connectivity index (χ2n) is 7.83. The van der Waals surface area contributed by atoms with E-state index in [2.05, 4.69) is 9.97 Å². The van der Waals surface area contributed by atoms with E-state index in [4.69, 9.17) is 9.39 Å². The molecule has 1 saturated carbocycles. The maximum absolute atomic E-state index is 11.9. The number of nitrogens with one attached hydrogen (secondary N) is 1. The van der Waals surface area contributed by atoms with E-state index in [0.717, 1.165) is 60.8 Å². The topological polar surface area (TPSA) is 87.7 Å². The molecule has 136 valence electrons.